The van der Waals surface area contributed by atoms with E-state index in [0.29, 0.717) is 11.3 Å². The monoisotopic (exact) mass is 199 g/mol. The molecule has 0 saturated heterocycles. The number of rotatable bonds is 5. The van der Waals surface area contributed by atoms with E-state index in [9.17, 15) is 0 Å². The summed E-state index contributed by atoms with van der Waals surface area (Å²) >= 11 is 1.88. The maximum atomic E-state index is 3.92. The van der Waals surface area contributed by atoms with Crippen LogP contribution in [-0.4, -0.2) is 28.2 Å². The number of hydrogen-bond acceptors (Lipinski definition) is 3. The zero-order chi connectivity index (χ0) is 9.68. The van der Waals surface area contributed by atoms with Crippen molar-refractivity contribution in [2.24, 2.45) is 0 Å². The van der Waals surface area contributed by atoms with E-state index >= 15 is 0 Å². The Balaban J connectivity index is 2.30. The van der Waals surface area contributed by atoms with Crippen LogP contribution in [0, 0.1) is 0 Å². The van der Waals surface area contributed by atoms with Crippen molar-refractivity contribution < 1.29 is 0 Å². The second-order valence-electron chi connectivity index (χ2n) is 3.19. The molecule has 0 spiro atoms. The lowest BCUT2D eigenvalue weighted by molar-refractivity contribution is 0.562. The molecule has 74 valence electrons. The highest BCUT2D eigenvalue weighted by Crippen LogP contribution is 2.09. The highest BCUT2D eigenvalue weighted by molar-refractivity contribution is 7.99. The summed E-state index contributed by atoms with van der Waals surface area (Å²) in [5, 5.41) is 11.0. The van der Waals surface area contributed by atoms with Crippen molar-refractivity contribution in [3.8, 4) is 0 Å². The quantitative estimate of drug-likeness (QED) is 0.760. The third-order valence-electron chi connectivity index (χ3n) is 2.10. The molecule has 0 aliphatic rings. The lowest BCUT2D eigenvalue weighted by Gasteiger charge is -2.14. The molecule has 13 heavy (non-hydrogen) atoms. The number of aromatic amines is 1. The van der Waals surface area contributed by atoms with Crippen LogP contribution in [0.1, 0.15) is 25.6 Å². The first-order chi connectivity index (χ1) is 6.24. The largest absolute Gasteiger partial charge is 0.308 e. The first kappa shape index (κ1) is 10.6. The van der Waals surface area contributed by atoms with Gasteiger partial charge < -0.3 is 5.32 Å². The maximum absolute atomic E-state index is 3.92. The van der Waals surface area contributed by atoms with E-state index < -0.39 is 0 Å². The topological polar surface area (TPSA) is 40.7 Å². The van der Waals surface area contributed by atoms with Crippen molar-refractivity contribution in [2.75, 3.05) is 12.8 Å². The van der Waals surface area contributed by atoms with Gasteiger partial charge in [-0.3, -0.25) is 5.10 Å². The molecule has 0 saturated carbocycles. The summed E-state index contributed by atoms with van der Waals surface area (Å²) in [5.74, 6) is 0. The van der Waals surface area contributed by atoms with Gasteiger partial charge in [0.2, 0.25) is 0 Å². The number of aromatic nitrogens is 2. The Morgan fingerprint density at radius 1 is 1.62 bits per heavy atom. The lowest BCUT2D eigenvalue weighted by atomic mass is 10.2. The van der Waals surface area contributed by atoms with Crippen LogP contribution >= 0.6 is 11.8 Å². The van der Waals surface area contributed by atoms with Gasteiger partial charge in [-0.05, 0) is 19.2 Å². The Morgan fingerprint density at radius 2 is 2.38 bits per heavy atom. The van der Waals surface area contributed by atoms with Gasteiger partial charge in [0.25, 0.3) is 0 Å². The Bertz CT molecular complexity index is 223. The summed E-state index contributed by atoms with van der Waals surface area (Å²) in [6.45, 7) is 5.39. The van der Waals surface area contributed by atoms with Gasteiger partial charge in [0.15, 0.2) is 0 Å². The molecule has 2 unspecified atom stereocenters. The van der Waals surface area contributed by atoms with Crippen LogP contribution in [0.3, 0.4) is 0 Å². The number of hydrogen-bond donors (Lipinski definition) is 2. The molecular formula is C9H17N3S. The molecule has 0 fully saturated rings. The fraction of sp³-hybridized carbons (Fsp3) is 0.667. The minimum absolute atomic E-state index is 0.358. The van der Waals surface area contributed by atoms with Gasteiger partial charge in [-0.25, -0.2) is 0 Å². The summed E-state index contributed by atoms with van der Waals surface area (Å²) in [6, 6.07) is 2.36. The average Bonchev–Trinajstić information content (AvgIpc) is 2.66. The summed E-state index contributed by atoms with van der Waals surface area (Å²) < 4.78 is 0. The van der Waals surface area contributed by atoms with Crippen LogP contribution in [-0.2, 0) is 0 Å². The molecule has 0 bridgehead atoms. The number of thioether (sulfide) groups is 1. The molecule has 2 N–H and O–H groups in total. The molecule has 0 aromatic carbocycles. The van der Waals surface area contributed by atoms with Crippen LogP contribution in [0.4, 0.5) is 0 Å². The van der Waals surface area contributed by atoms with Gasteiger partial charge in [0.05, 0.1) is 5.69 Å². The summed E-state index contributed by atoms with van der Waals surface area (Å²) in [7, 11) is 0. The molecule has 0 aliphatic heterocycles. The molecule has 0 aliphatic carbocycles. The SMILES string of the molecule is CSC(C)CNC(C)c1ccn[nH]1. The second kappa shape index (κ2) is 5.29. The Hall–Kier alpha value is -0.480. The fourth-order valence-electron chi connectivity index (χ4n) is 1.04. The van der Waals surface area contributed by atoms with Crippen LogP contribution in [0.2, 0.25) is 0 Å². The van der Waals surface area contributed by atoms with Crippen molar-refractivity contribution in [1.82, 2.24) is 15.5 Å². The highest BCUT2D eigenvalue weighted by Gasteiger charge is 2.06. The van der Waals surface area contributed by atoms with Gasteiger partial charge in [-0.2, -0.15) is 16.9 Å². The van der Waals surface area contributed by atoms with Crippen molar-refractivity contribution in [1.29, 1.82) is 0 Å². The molecule has 1 aromatic rings. The molecule has 0 amide bonds. The number of nitrogens with one attached hydrogen (secondary N) is 2. The minimum Gasteiger partial charge on any atom is -0.308 e. The van der Waals surface area contributed by atoms with Crippen LogP contribution in [0.5, 0.6) is 0 Å². The smallest absolute Gasteiger partial charge is 0.0518 e. The predicted octanol–water partition coefficient (Wildman–Crippen LogP) is 1.81. The third kappa shape index (κ3) is 3.40. The van der Waals surface area contributed by atoms with E-state index in [1.54, 1.807) is 6.20 Å². The Kier molecular flexibility index (Phi) is 4.32. The van der Waals surface area contributed by atoms with Crippen LogP contribution < -0.4 is 5.32 Å². The Labute approximate surface area is 83.7 Å². The average molecular weight is 199 g/mol. The number of nitrogens with zero attached hydrogens (tertiary/aromatic N) is 1. The van der Waals surface area contributed by atoms with E-state index in [1.807, 2.05) is 17.8 Å². The Morgan fingerprint density at radius 3 is 2.92 bits per heavy atom. The molecule has 4 heteroatoms. The molecular weight excluding hydrogens is 182 g/mol. The maximum Gasteiger partial charge on any atom is 0.0518 e. The van der Waals surface area contributed by atoms with E-state index in [4.69, 9.17) is 0 Å². The van der Waals surface area contributed by atoms with Gasteiger partial charge >= 0.3 is 0 Å². The van der Waals surface area contributed by atoms with Gasteiger partial charge in [-0.15, -0.1) is 0 Å². The zero-order valence-electron chi connectivity index (χ0n) is 8.37. The first-order valence-corrected chi connectivity index (χ1v) is 5.78. The van der Waals surface area contributed by atoms with Crippen molar-refractivity contribution in [3.05, 3.63) is 18.0 Å². The highest BCUT2D eigenvalue weighted by atomic mass is 32.2. The van der Waals surface area contributed by atoms with Crippen molar-refractivity contribution in [2.45, 2.75) is 25.1 Å². The standard InChI is InChI=1S/C9H17N3S/c1-7(13-3)6-10-8(2)9-4-5-11-12-9/h4-5,7-8,10H,6H2,1-3H3,(H,11,12). The van der Waals surface area contributed by atoms with Crippen LogP contribution in [0.25, 0.3) is 0 Å². The van der Waals surface area contributed by atoms with E-state index in [0.717, 1.165) is 12.2 Å². The fourth-order valence-corrected chi connectivity index (χ4v) is 1.31. The minimum atomic E-state index is 0.358. The first-order valence-electron chi connectivity index (χ1n) is 4.49. The molecule has 0 radical (unpaired) electrons. The van der Waals surface area contributed by atoms with Gasteiger partial charge in [0.1, 0.15) is 0 Å². The lowest BCUT2D eigenvalue weighted by Crippen LogP contribution is -2.25. The second-order valence-corrected chi connectivity index (χ2v) is 4.46. The van der Waals surface area contributed by atoms with Crippen LogP contribution in [0.15, 0.2) is 12.3 Å². The summed E-state index contributed by atoms with van der Waals surface area (Å²) in [6.07, 6.45) is 3.92. The summed E-state index contributed by atoms with van der Waals surface area (Å²) in [5.41, 5.74) is 1.15. The molecule has 3 nitrogen and oxygen atoms in total. The summed E-state index contributed by atoms with van der Waals surface area (Å²) in [4.78, 5) is 0. The van der Waals surface area contributed by atoms with Crippen molar-refractivity contribution >= 4 is 11.8 Å². The van der Waals surface area contributed by atoms with Gasteiger partial charge in [-0.1, -0.05) is 6.92 Å². The zero-order valence-corrected chi connectivity index (χ0v) is 9.19. The predicted molar refractivity (Wildman–Crippen MR) is 58.0 cm³/mol. The van der Waals surface area contributed by atoms with E-state index in [-0.39, 0.29) is 0 Å². The number of H-pyrrole nitrogens is 1. The molecule has 1 rings (SSSR count). The van der Waals surface area contributed by atoms with Crippen molar-refractivity contribution in [3.63, 3.8) is 0 Å². The molecule has 1 aromatic heterocycles. The third-order valence-corrected chi connectivity index (χ3v) is 3.07. The molecule has 1 heterocycles. The van der Waals surface area contributed by atoms with E-state index in [1.165, 1.54) is 0 Å². The van der Waals surface area contributed by atoms with Gasteiger partial charge in [0, 0.05) is 24.0 Å². The molecule has 2 atom stereocenters. The normalized spacial score (nSPS) is 15.6. The van der Waals surface area contributed by atoms with E-state index in [2.05, 4.69) is 35.6 Å².